The fourth-order valence-corrected chi connectivity index (χ4v) is 3.80. The molecule has 37 heavy (non-hydrogen) atoms. The van der Waals surface area contributed by atoms with Crippen molar-refractivity contribution in [2.45, 2.75) is 39.0 Å². The third-order valence-corrected chi connectivity index (χ3v) is 6.00. The van der Waals surface area contributed by atoms with Crippen LogP contribution in [0.25, 0.3) is 16.9 Å². The standard InChI is InChI=1S/C32H38O5/c1-4-5-6-8-26-9-11-28(12-10-26)29-17-19-31(20-18-29)37-32(33)30-15-13-27(14-16-30)25(2)36-22-7-21-35-24-23-34-3/h9-20H,2,4-8,21-24H2,1,3H3. The van der Waals surface area contributed by atoms with E-state index in [0.29, 0.717) is 43.5 Å². The van der Waals surface area contributed by atoms with Gasteiger partial charge in [0.25, 0.3) is 0 Å². The highest BCUT2D eigenvalue weighted by Gasteiger charge is 2.10. The maximum atomic E-state index is 12.6. The molecular formula is C32H38O5. The third-order valence-electron chi connectivity index (χ3n) is 6.00. The molecular weight excluding hydrogens is 464 g/mol. The molecule has 0 aliphatic heterocycles. The molecule has 196 valence electrons. The minimum Gasteiger partial charge on any atom is -0.494 e. The predicted molar refractivity (Wildman–Crippen MR) is 149 cm³/mol. The van der Waals surface area contributed by atoms with Crippen LogP contribution in [0.3, 0.4) is 0 Å². The molecule has 0 N–H and O–H groups in total. The SMILES string of the molecule is C=C(OCCCOCCOC)c1ccc(C(=O)Oc2ccc(-c3ccc(CCCCC)cc3)cc2)cc1. The van der Waals surface area contributed by atoms with Crippen LogP contribution in [0.2, 0.25) is 0 Å². The third kappa shape index (κ3) is 9.52. The van der Waals surface area contributed by atoms with Crippen LogP contribution in [0.15, 0.2) is 79.4 Å². The molecule has 0 aromatic heterocycles. The highest BCUT2D eigenvalue weighted by Crippen LogP contribution is 2.24. The maximum Gasteiger partial charge on any atom is 0.343 e. The van der Waals surface area contributed by atoms with Crippen molar-refractivity contribution in [3.05, 3.63) is 96.1 Å². The molecule has 0 saturated heterocycles. The number of esters is 1. The van der Waals surface area contributed by atoms with Crippen molar-refractivity contribution in [1.82, 2.24) is 0 Å². The Labute approximate surface area is 221 Å². The van der Waals surface area contributed by atoms with E-state index in [1.165, 1.54) is 24.8 Å². The molecule has 0 bridgehead atoms. The van der Waals surface area contributed by atoms with Crippen LogP contribution in [-0.4, -0.2) is 39.5 Å². The van der Waals surface area contributed by atoms with E-state index in [4.69, 9.17) is 18.9 Å². The summed E-state index contributed by atoms with van der Waals surface area (Å²) in [5.41, 5.74) is 4.88. The second-order valence-electron chi connectivity index (χ2n) is 8.88. The molecule has 0 amide bonds. The number of methoxy groups -OCH3 is 1. The predicted octanol–water partition coefficient (Wildman–Crippen LogP) is 7.35. The first kappa shape index (κ1) is 28.2. The molecule has 0 atom stereocenters. The van der Waals surface area contributed by atoms with E-state index < -0.39 is 5.97 Å². The number of unbranched alkanes of at least 4 members (excludes halogenated alkanes) is 2. The molecule has 3 rings (SSSR count). The van der Waals surface area contributed by atoms with E-state index in [-0.39, 0.29) is 0 Å². The molecule has 3 aromatic rings. The van der Waals surface area contributed by atoms with Gasteiger partial charge in [0, 0.05) is 25.7 Å². The van der Waals surface area contributed by atoms with Crippen molar-refractivity contribution in [2.75, 3.05) is 33.5 Å². The molecule has 0 unspecified atom stereocenters. The molecule has 3 aromatic carbocycles. The summed E-state index contributed by atoms with van der Waals surface area (Å²) in [6.45, 7) is 8.47. The maximum absolute atomic E-state index is 12.6. The zero-order valence-electron chi connectivity index (χ0n) is 22.0. The van der Waals surface area contributed by atoms with Crippen LogP contribution in [0.4, 0.5) is 0 Å². The first-order valence-corrected chi connectivity index (χ1v) is 13.0. The molecule has 0 aliphatic carbocycles. The fraction of sp³-hybridized carbons (Fsp3) is 0.344. The van der Waals surface area contributed by atoms with Gasteiger partial charge in [0.15, 0.2) is 0 Å². The summed E-state index contributed by atoms with van der Waals surface area (Å²) >= 11 is 0. The largest absolute Gasteiger partial charge is 0.494 e. The van der Waals surface area contributed by atoms with E-state index in [1.54, 1.807) is 19.2 Å². The van der Waals surface area contributed by atoms with Gasteiger partial charge in [-0.2, -0.15) is 0 Å². The van der Waals surface area contributed by atoms with Gasteiger partial charge in [0.05, 0.1) is 25.4 Å². The lowest BCUT2D eigenvalue weighted by atomic mass is 10.0. The van der Waals surface area contributed by atoms with Gasteiger partial charge < -0.3 is 18.9 Å². The van der Waals surface area contributed by atoms with E-state index in [1.807, 2.05) is 36.4 Å². The van der Waals surface area contributed by atoms with Crippen molar-refractivity contribution in [3.63, 3.8) is 0 Å². The Kier molecular flexibility index (Phi) is 11.9. The Morgan fingerprint density at radius 2 is 1.38 bits per heavy atom. The molecule has 5 heteroatoms. The number of hydrogen-bond donors (Lipinski definition) is 0. The second-order valence-corrected chi connectivity index (χ2v) is 8.88. The molecule has 0 fully saturated rings. The first-order valence-electron chi connectivity index (χ1n) is 13.0. The van der Waals surface area contributed by atoms with E-state index >= 15 is 0 Å². The zero-order chi connectivity index (χ0) is 26.3. The van der Waals surface area contributed by atoms with Gasteiger partial charge in [0.1, 0.15) is 11.5 Å². The lowest BCUT2D eigenvalue weighted by Crippen LogP contribution is -2.08. The molecule has 5 nitrogen and oxygen atoms in total. The van der Waals surface area contributed by atoms with Crippen molar-refractivity contribution in [3.8, 4) is 16.9 Å². The van der Waals surface area contributed by atoms with Crippen molar-refractivity contribution >= 4 is 11.7 Å². The lowest BCUT2D eigenvalue weighted by molar-refractivity contribution is 0.0629. The van der Waals surface area contributed by atoms with Crippen molar-refractivity contribution < 1.29 is 23.7 Å². The van der Waals surface area contributed by atoms with E-state index in [2.05, 4.69) is 37.8 Å². The van der Waals surface area contributed by atoms with Gasteiger partial charge in [-0.05, 0) is 53.8 Å². The van der Waals surface area contributed by atoms with Gasteiger partial charge in [-0.25, -0.2) is 4.79 Å². The van der Waals surface area contributed by atoms with Gasteiger partial charge in [-0.15, -0.1) is 0 Å². The Bertz CT molecular complexity index is 1090. The van der Waals surface area contributed by atoms with Crippen LogP contribution < -0.4 is 4.74 Å². The number of benzene rings is 3. The Hall–Kier alpha value is -3.41. The summed E-state index contributed by atoms with van der Waals surface area (Å²) in [6, 6.07) is 23.3. The number of ether oxygens (including phenoxy) is 4. The highest BCUT2D eigenvalue weighted by molar-refractivity contribution is 5.91. The number of carbonyl (C=O) groups is 1. The Morgan fingerprint density at radius 1 is 0.730 bits per heavy atom. The van der Waals surface area contributed by atoms with Gasteiger partial charge in [0.2, 0.25) is 0 Å². The molecule has 0 heterocycles. The summed E-state index contributed by atoms with van der Waals surface area (Å²) in [4.78, 5) is 12.6. The number of aryl methyl sites for hydroxylation is 1. The molecule has 0 saturated carbocycles. The first-order chi connectivity index (χ1) is 18.1. The summed E-state index contributed by atoms with van der Waals surface area (Å²) < 4.78 is 21.6. The zero-order valence-corrected chi connectivity index (χ0v) is 22.0. The number of rotatable bonds is 16. The second kappa shape index (κ2) is 15.6. The normalized spacial score (nSPS) is 10.8. The van der Waals surface area contributed by atoms with Crippen molar-refractivity contribution in [2.24, 2.45) is 0 Å². The topological polar surface area (TPSA) is 54.0 Å². The average molecular weight is 503 g/mol. The molecule has 0 spiro atoms. The van der Waals surface area contributed by atoms with E-state index in [9.17, 15) is 4.79 Å². The highest BCUT2D eigenvalue weighted by atomic mass is 16.5. The van der Waals surface area contributed by atoms with Crippen molar-refractivity contribution in [1.29, 1.82) is 0 Å². The summed E-state index contributed by atoms with van der Waals surface area (Å²) in [5, 5.41) is 0. The van der Waals surface area contributed by atoms with Crippen LogP contribution in [0.1, 0.15) is 54.1 Å². The van der Waals surface area contributed by atoms with Gasteiger partial charge >= 0.3 is 5.97 Å². The van der Waals surface area contributed by atoms with Gasteiger partial charge in [-0.1, -0.05) is 74.9 Å². The summed E-state index contributed by atoms with van der Waals surface area (Å²) in [6.07, 6.45) is 5.61. The lowest BCUT2D eigenvalue weighted by Gasteiger charge is -2.10. The van der Waals surface area contributed by atoms with Crippen LogP contribution in [-0.2, 0) is 20.6 Å². The number of carbonyl (C=O) groups excluding carboxylic acids is 1. The quantitative estimate of drug-likeness (QED) is 0.0887. The van der Waals surface area contributed by atoms with Gasteiger partial charge in [-0.3, -0.25) is 0 Å². The van der Waals surface area contributed by atoms with Crippen LogP contribution >= 0.6 is 0 Å². The monoisotopic (exact) mass is 502 g/mol. The summed E-state index contributed by atoms with van der Waals surface area (Å²) in [5.74, 6) is 0.659. The summed E-state index contributed by atoms with van der Waals surface area (Å²) in [7, 11) is 1.65. The number of hydrogen-bond acceptors (Lipinski definition) is 5. The minimum absolute atomic E-state index is 0.407. The van der Waals surface area contributed by atoms with Crippen LogP contribution in [0, 0.1) is 0 Å². The smallest absolute Gasteiger partial charge is 0.343 e. The molecule has 0 radical (unpaired) electrons. The van der Waals surface area contributed by atoms with Crippen LogP contribution in [0.5, 0.6) is 5.75 Å². The average Bonchev–Trinajstić information content (AvgIpc) is 2.93. The molecule has 0 aliphatic rings. The van der Waals surface area contributed by atoms with E-state index in [0.717, 1.165) is 29.5 Å². The fourth-order valence-electron chi connectivity index (χ4n) is 3.80. The Balaban J connectivity index is 1.46. The Morgan fingerprint density at radius 3 is 2.03 bits per heavy atom. The minimum atomic E-state index is -0.407.